The predicted molar refractivity (Wildman–Crippen MR) is 113 cm³/mol. The first-order valence-corrected chi connectivity index (χ1v) is 10.00. The number of ketones is 1. The van der Waals surface area contributed by atoms with E-state index in [1.54, 1.807) is 19.5 Å². The van der Waals surface area contributed by atoms with Gasteiger partial charge < -0.3 is 10.1 Å². The van der Waals surface area contributed by atoms with E-state index in [-0.39, 0.29) is 17.2 Å². The van der Waals surface area contributed by atoms with E-state index >= 15 is 0 Å². The minimum Gasteiger partial charge on any atom is -0.496 e. The summed E-state index contributed by atoms with van der Waals surface area (Å²) in [6, 6.07) is 11.1. The van der Waals surface area contributed by atoms with E-state index in [2.05, 4.69) is 24.1 Å². The van der Waals surface area contributed by atoms with Crippen LogP contribution in [0.15, 0.2) is 60.1 Å². The number of nitrogens with one attached hydrogen (secondary N) is 1. The second kappa shape index (κ2) is 6.79. The number of hydrogen-bond acceptors (Lipinski definition) is 6. The van der Waals surface area contributed by atoms with Crippen molar-refractivity contribution in [1.82, 2.24) is 19.7 Å². The number of Topliss-reactive ketones (excluding diaryl/α,β-unsaturated/α-hetero) is 1. The van der Waals surface area contributed by atoms with Gasteiger partial charge in [-0.05, 0) is 30.0 Å². The van der Waals surface area contributed by atoms with Gasteiger partial charge in [0.2, 0.25) is 5.95 Å². The molecule has 7 nitrogen and oxygen atoms in total. The molecule has 152 valence electrons. The summed E-state index contributed by atoms with van der Waals surface area (Å²) in [6.45, 7) is 4.24. The van der Waals surface area contributed by atoms with Crippen molar-refractivity contribution in [3.8, 4) is 17.1 Å². The third-order valence-corrected chi connectivity index (χ3v) is 5.70. The third kappa shape index (κ3) is 2.98. The summed E-state index contributed by atoms with van der Waals surface area (Å²) in [5, 5.41) is 8.19. The zero-order valence-electron chi connectivity index (χ0n) is 17.2. The molecule has 0 spiro atoms. The summed E-state index contributed by atoms with van der Waals surface area (Å²) < 4.78 is 7.45. The van der Waals surface area contributed by atoms with Crippen molar-refractivity contribution in [3.05, 3.63) is 65.6 Å². The van der Waals surface area contributed by atoms with Crippen LogP contribution in [0.4, 0.5) is 5.95 Å². The highest BCUT2D eigenvalue weighted by atomic mass is 16.5. The van der Waals surface area contributed by atoms with Gasteiger partial charge in [0.25, 0.3) is 0 Å². The Morgan fingerprint density at radius 2 is 1.90 bits per heavy atom. The number of allylic oxidation sites excluding steroid dienone is 2. The van der Waals surface area contributed by atoms with Gasteiger partial charge in [0.05, 0.1) is 7.11 Å². The number of benzene rings is 1. The summed E-state index contributed by atoms with van der Waals surface area (Å²) in [6.07, 6.45) is 4.71. The molecule has 3 heterocycles. The average Bonchev–Trinajstić information content (AvgIpc) is 3.15. The number of nitrogens with zero attached hydrogens (tertiary/aromatic N) is 4. The van der Waals surface area contributed by atoms with Gasteiger partial charge in [-0.3, -0.25) is 9.78 Å². The lowest BCUT2D eigenvalue weighted by atomic mass is 9.73. The highest BCUT2D eigenvalue weighted by molar-refractivity contribution is 6.00. The molecule has 0 fully saturated rings. The van der Waals surface area contributed by atoms with Gasteiger partial charge in [0.15, 0.2) is 11.6 Å². The maximum atomic E-state index is 13.3. The normalized spacial score (nSPS) is 19.7. The van der Waals surface area contributed by atoms with Gasteiger partial charge in [-0.2, -0.15) is 4.98 Å². The summed E-state index contributed by atoms with van der Waals surface area (Å²) in [7, 11) is 1.64. The number of para-hydroxylation sites is 1. The monoisotopic (exact) mass is 401 g/mol. The van der Waals surface area contributed by atoms with E-state index in [1.807, 2.05) is 41.1 Å². The summed E-state index contributed by atoms with van der Waals surface area (Å²) >= 11 is 0. The number of carbonyl (C=O) groups excluding carboxylic acids is 1. The number of ether oxygens (including phenoxy) is 1. The Morgan fingerprint density at radius 1 is 1.13 bits per heavy atom. The van der Waals surface area contributed by atoms with Crippen LogP contribution in [0.3, 0.4) is 0 Å². The molecule has 1 aliphatic heterocycles. The highest BCUT2D eigenvalue weighted by Crippen LogP contribution is 2.47. The van der Waals surface area contributed by atoms with Crippen molar-refractivity contribution in [2.45, 2.75) is 32.7 Å². The Kier molecular flexibility index (Phi) is 4.20. The smallest absolute Gasteiger partial charge is 0.226 e. The molecular formula is C23H23N5O2. The van der Waals surface area contributed by atoms with E-state index in [0.717, 1.165) is 34.6 Å². The van der Waals surface area contributed by atoms with Crippen molar-refractivity contribution in [2.24, 2.45) is 5.41 Å². The molecule has 2 aromatic heterocycles. The van der Waals surface area contributed by atoms with Crippen LogP contribution in [0.25, 0.3) is 11.4 Å². The van der Waals surface area contributed by atoms with Gasteiger partial charge in [-0.15, -0.1) is 5.10 Å². The minimum atomic E-state index is -0.390. The molecule has 1 N–H and O–H groups in total. The van der Waals surface area contributed by atoms with Crippen LogP contribution in [0.1, 0.15) is 38.3 Å². The molecule has 5 rings (SSSR count). The number of pyridine rings is 1. The van der Waals surface area contributed by atoms with E-state index < -0.39 is 0 Å². The first-order chi connectivity index (χ1) is 14.5. The largest absolute Gasteiger partial charge is 0.496 e. The van der Waals surface area contributed by atoms with Gasteiger partial charge in [-0.1, -0.05) is 32.0 Å². The first-order valence-electron chi connectivity index (χ1n) is 10.00. The van der Waals surface area contributed by atoms with Crippen LogP contribution >= 0.6 is 0 Å². The molecule has 3 aromatic rings. The lowest BCUT2D eigenvalue weighted by molar-refractivity contribution is -0.118. The Hall–Kier alpha value is -3.48. The van der Waals surface area contributed by atoms with Crippen molar-refractivity contribution in [2.75, 3.05) is 12.4 Å². The quantitative estimate of drug-likeness (QED) is 0.714. The lowest BCUT2D eigenvalue weighted by Gasteiger charge is -2.38. The number of anilines is 1. The number of fused-ring (bicyclic) bond motifs is 1. The molecule has 2 aliphatic rings. The number of hydrogen-bond donors (Lipinski definition) is 1. The molecule has 7 heteroatoms. The second-order valence-electron chi connectivity index (χ2n) is 8.54. The summed E-state index contributed by atoms with van der Waals surface area (Å²) in [5.74, 6) is 2.07. The van der Waals surface area contributed by atoms with Gasteiger partial charge in [-0.25, -0.2) is 4.68 Å². The lowest BCUT2D eigenvalue weighted by Crippen LogP contribution is -2.36. The van der Waals surface area contributed by atoms with Gasteiger partial charge >= 0.3 is 0 Å². The zero-order valence-corrected chi connectivity index (χ0v) is 17.2. The maximum absolute atomic E-state index is 13.3. The van der Waals surface area contributed by atoms with Crippen LogP contribution in [0.5, 0.6) is 5.75 Å². The number of methoxy groups -OCH3 is 1. The summed E-state index contributed by atoms with van der Waals surface area (Å²) in [5.41, 5.74) is 3.34. The molecule has 0 unspecified atom stereocenters. The van der Waals surface area contributed by atoms with E-state index in [1.165, 1.54) is 0 Å². The Bertz CT molecular complexity index is 1160. The number of rotatable bonds is 3. The van der Waals surface area contributed by atoms with E-state index in [9.17, 15) is 4.79 Å². The second-order valence-corrected chi connectivity index (χ2v) is 8.54. The molecule has 0 radical (unpaired) electrons. The van der Waals surface area contributed by atoms with Crippen LogP contribution in [0, 0.1) is 5.41 Å². The average molecular weight is 401 g/mol. The molecule has 0 bridgehead atoms. The number of carbonyl (C=O) groups is 1. The van der Waals surface area contributed by atoms with E-state index in [0.29, 0.717) is 18.2 Å². The standard InChI is InChI=1S/C23H23N5O2/c1-23(2)12-16-19(17(29)13-23)20(15-6-4-5-7-18(15)30-3)28-22(25-16)26-21(27-28)14-8-10-24-11-9-14/h4-11,20H,12-13H2,1-3H3,(H,25,26,27)/t20-/m0/s1. The molecular weight excluding hydrogens is 378 g/mol. The predicted octanol–water partition coefficient (Wildman–Crippen LogP) is 4.01. The van der Waals surface area contributed by atoms with Crippen LogP contribution < -0.4 is 10.1 Å². The minimum absolute atomic E-state index is 0.107. The summed E-state index contributed by atoms with van der Waals surface area (Å²) in [4.78, 5) is 22.1. The van der Waals surface area contributed by atoms with Crippen molar-refractivity contribution < 1.29 is 9.53 Å². The first kappa shape index (κ1) is 18.5. The SMILES string of the molecule is COc1ccccc1[C@H]1C2=C(CC(C)(C)CC2=O)Nc2nc(-c3ccncc3)nn21. The molecule has 1 aromatic carbocycles. The molecule has 0 saturated carbocycles. The fourth-order valence-corrected chi connectivity index (χ4v) is 4.41. The topological polar surface area (TPSA) is 81.9 Å². The van der Waals surface area contributed by atoms with Gasteiger partial charge in [0.1, 0.15) is 11.8 Å². The van der Waals surface area contributed by atoms with Gasteiger partial charge in [0, 0.05) is 41.2 Å². The molecule has 1 atom stereocenters. The van der Waals surface area contributed by atoms with Crippen molar-refractivity contribution in [3.63, 3.8) is 0 Å². The molecule has 30 heavy (non-hydrogen) atoms. The fourth-order valence-electron chi connectivity index (χ4n) is 4.41. The molecule has 0 saturated heterocycles. The fraction of sp³-hybridized carbons (Fsp3) is 0.304. The zero-order chi connectivity index (χ0) is 20.9. The Labute approximate surface area is 174 Å². The third-order valence-electron chi connectivity index (χ3n) is 5.70. The number of aromatic nitrogens is 4. The van der Waals surface area contributed by atoms with Crippen molar-refractivity contribution in [1.29, 1.82) is 0 Å². The van der Waals surface area contributed by atoms with Crippen LogP contribution in [-0.2, 0) is 4.79 Å². The van der Waals surface area contributed by atoms with Crippen LogP contribution in [0.2, 0.25) is 0 Å². The van der Waals surface area contributed by atoms with E-state index in [4.69, 9.17) is 14.8 Å². The Balaban J connectivity index is 1.72. The molecule has 0 amide bonds. The Morgan fingerprint density at radius 3 is 2.67 bits per heavy atom. The maximum Gasteiger partial charge on any atom is 0.226 e. The van der Waals surface area contributed by atoms with Crippen molar-refractivity contribution >= 4 is 11.7 Å². The molecule has 1 aliphatic carbocycles. The van der Waals surface area contributed by atoms with Crippen LogP contribution in [-0.4, -0.2) is 32.6 Å². The highest BCUT2D eigenvalue weighted by Gasteiger charge is 2.42.